The van der Waals surface area contributed by atoms with Gasteiger partial charge in [-0.05, 0) is 53.9 Å². The van der Waals surface area contributed by atoms with Gasteiger partial charge in [0.2, 0.25) is 0 Å². The van der Waals surface area contributed by atoms with Gasteiger partial charge < -0.3 is 4.90 Å². The molecule has 7 nitrogen and oxygen atoms in total. The standard InChI is InChI=1S/C30H32ClF3N4O3S/c1-42(40,41)27-17-23(16-24(18-27)30(32,33)34)29(39)38-14-13-37(20-26(38)15-21-4-6-25(31)7-5-21)12-11-36-10-8-28-22(19-36)3-2-9-35-28/h2-7,9,16-18,26H,8,10-15,19-20H2,1H3/t26-/m1/s1. The van der Waals surface area contributed by atoms with Gasteiger partial charge in [0, 0.05) is 87.0 Å². The molecule has 1 amide bonds. The third-order valence-electron chi connectivity index (χ3n) is 7.90. The minimum atomic E-state index is -4.80. The lowest BCUT2D eigenvalue weighted by molar-refractivity contribution is -0.137. The molecule has 5 rings (SSSR count). The normalized spacial score (nSPS) is 18.6. The fourth-order valence-corrected chi connectivity index (χ4v) is 6.43. The number of amides is 1. The summed E-state index contributed by atoms with van der Waals surface area (Å²) in [7, 11) is -3.98. The molecule has 0 N–H and O–H groups in total. The number of rotatable bonds is 7. The molecule has 0 radical (unpaired) electrons. The number of piperazine rings is 1. The number of sulfone groups is 1. The number of pyridine rings is 1. The molecule has 1 aromatic heterocycles. The van der Waals surface area contributed by atoms with E-state index in [0.29, 0.717) is 37.1 Å². The molecule has 1 fully saturated rings. The molecule has 42 heavy (non-hydrogen) atoms. The second-order valence-corrected chi connectivity index (χ2v) is 13.4. The van der Waals surface area contributed by atoms with Crippen molar-refractivity contribution in [3.05, 3.63) is 93.8 Å². The summed E-state index contributed by atoms with van der Waals surface area (Å²) in [4.78, 5) is 23.9. The molecule has 0 aliphatic carbocycles. The molecule has 0 spiro atoms. The van der Waals surface area contributed by atoms with E-state index in [1.807, 2.05) is 24.4 Å². The number of benzene rings is 2. The van der Waals surface area contributed by atoms with Crippen LogP contribution in [0, 0.1) is 0 Å². The topological polar surface area (TPSA) is 73.8 Å². The molecule has 12 heteroatoms. The Kier molecular flexibility index (Phi) is 8.94. The summed E-state index contributed by atoms with van der Waals surface area (Å²) < 4.78 is 65.4. The van der Waals surface area contributed by atoms with E-state index < -0.39 is 32.4 Å². The van der Waals surface area contributed by atoms with E-state index in [9.17, 15) is 26.4 Å². The van der Waals surface area contributed by atoms with Crippen LogP contribution in [0.5, 0.6) is 0 Å². The number of halogens is 4. The Labute approximate surface area is 248 Å². The van der Waals surface area contributed by atoms with Gasteiger partial charge in [0.05, 0.1) is 10.5 Å². The minimum Gasteiger partial charge on any atom is -0.333 e. The summed E-state index contributed by atoms with van der Waals surface area (Å²) in [6.07, 6.45) is -0.792. The Morgan fingerprint density at radius 3 is 2.48 bits per heavy atom. The smallest absolute Gasteiger partial charge is 0.333 e. The van der Waals surface area contributed by atoms with E-state index in [1.54, 1.807) is 17.0 Å². The average Bonchev–Trinajstić information content (AvgIpc) is 2.96. The number of carbonyl (C=O) groups excluding carboxylic acids is 1. The number of alkyl halides is 3. The van der Waals surface area contributed by atoms with Crippen molar-refractivity contribution in [3.63, 3.8) is 0 Å². The molecule has 2 aliphatic rings. The van der Waals surface area contributed by atoms with E-state index >= 15 is 0 Å². The molecule has 1 saturated heterocycles. The van der Waals surface area contributed by atoms with Gasteiger partial charge in [-0.25, -0.2) is 8.42 Å². The van der Waals surface area contributed by atoms with E-state index in [0.717, 1.165) is 62.2 Å². The number of hydrogen-bond acceptors (Lipinski definition) is 6. The Morgan fingerprint density at radius 1 is 1.02 bits per heavy atom. The quantitative estimate of drug-likeness (QED) is 0.385. The monoisotopic (exact) mass is 620 g/mol. The van der Waals surface area contributed by atoms with Gasteiger partial charge in [-0.15, -0.1) is 0 Å². The molecule has 2 aromatic carbocycles. The lowest BCUT2D eigenvalue weighted by Crippen LogP contribution is -2.57. The molecule has 3 heterocycles. The maximum atomic E-state index is 13.8. The van der Waals surface area contributed by atoms with E-state index in [1.165, 1.54) is 5.56 Å². The van der Waals surface area contributed by atoms with Crippen molar-refractivity contribution in [2.24, 2.45) is 0 Å². The van der Waals surface area contributed by atoms with Gasteiger partial charge in [0.1, 0.15) is 0 Å². The van der Waals surface area contributed by atoms with Crippen LogP contribution in [0.1, 0.15) is 32.7 Å². The zero-order chi connectivity index (χ0) is 30.1. The first-order valence-electron chi connectivity index (χ1n) is 13.7. The van der Waals surface area contributed by atoms with Crippen molar-refractivity contribution < 1.29 is 26.4 Å². The number of carbonyl (C=O) groups is 1. The number of aromatic nitrogens is 1. The van der Waals surface area contributed by atoms with Gasteiger partial charge in [-0.2, -0.15) is 13.2 Å². The van der Waals surface area contributed by atoms with Crippen molar-refractivity contribution in [2.45, 2.75) is 36.5 Å². The molecule has 224 valence electrons. The van der Waals surface area contributed by atoms with Gasteiger partial charge in [-0.1, -0.05) is 29.8 Å². The summed E-state index contributed by atoms with van der Waals surface area (Å²) in [5.74, 6) is -0.621. The van der Waals surface area contributed by atoms with Gasteiger partial charge >= 0.3 is 6.18 Å². The van der Waals surface area contributed by atoms with Crippen LogP contribution in [-0.2, 0) is 35.4 Å². The summed E-state index contributed by atoms with van der Waals surface area (Å²) in [6, 6.07) is 13.3. The van der Waals surface area contributed by atoms with Gasteiger partial charge in [-0.3, -0.25) is 19.6 Å². The van der Waals surface area contributed by atoms with Crippen LogP contribution >= 0.6 is 11.6 Å². The molecule has 3 aromatic rings. The highest BCUT2D eigenvalue weighted by Crippen LogP contribution is 2.32. The Morgan fingerprint density at radius 2 is 1.76 bits per heavy atom. The summed E-state index contributed by atoms with van der Waals surface area (Å²) in [5, 5.41) is 0.576. The summed E-state index contributed by atoms with van der Waals surface area (Å²) >= 11 is 6.06. The third-order valence-corrected chi connectivity index (χ3v) is 9.24. The lowest BCUT2D eigenvalue weighted by atomic mass is 10.00. The van der Waals surface area contributed by atoms with Crippen LogP contribution in [0.4, 0.5) is 13.2 Å². The predicted molar refractivity (Wildman–Crippen MR) is 154 cm³/mol. The fraction of sp³-hybridized carbons (Fsp3) is 0.400. The zero-order valence-electron chi connectivity index (χ0n) is 23.1. The molecule has 2 aliphatic heterocycles. The van der Waals surface area contributed by atoms with Crippen LogP contribution in [0.25, 0.3) is 0 Å². The van der Waals surface area contributed by atoms with Crippen molar-refractivity contribution in [3.8, 4) is 0 Å². The van der Waals surface area contributed by atoms with Crippen molar-refractivity contribution in [1.29, 1.82) is 0 Å². The predicted octanol–water partition coefficient (Wildman–Crippen LogP) is 4.58. The highest BCUT2D eigenvalue weighted by molar-refractivity contribution is 7.90. The van der Waals surface area contributed by atoms with Crippen molar-refractivity contribution in [2.75, 3.05) is 45.5 Å². The van der Waals surface area contributed by atoms with Crippen LogP contribution in [0.15, 0.2) is 65.7 Å². The van der Waals surface area contributed by atoms with Gasteiger partial charge in [0.25, 0.3) is 5.91 Å². The maximum absolute atomic E-state index is 13.8. The molecule has 0 bridgehead atoms. The molecule has 1 atom stereocenters. The number of hydrogen-bond donors (Lipinski definition) is 0. The average molecular weight is 621 g/mol. The fourth-order valence-electron chi connectivity index (χ4n) is 5.62. The third kappa shape index (κ3) is 7.31. The highest BCUT2D eigenvalue weighted by Gasteiger charge is 2.36. The zero-order valence-corrected chi connectivity index (χ0v) is 24.7. The second-order valence-electron chi connectivity index (χ2n) is 10.9. The minimum absolute atomic E-state index is 0.291. The Balaban J connectivity index is 1.35. The first kappa shape index (κ1) is 30.5. The summed E-state index contributed by atoms with van der Waals surface area (Å²) in [6.45, 7) is 4.72. The van der Waals surface area contributed by atoms with Crippen molar-refractivity contribution >= 4 is 27.3 Å². The largest absolute Gasteiger partial charge is 0.416 e. The Hall–Kier alpha value is -2.99. The number of fused-ring (bicyclic) bond motifs is 1. The van der Waals surface area contributed by atoms with Crippen LogP contribution < -0.4 is 0 Å². The molecular formula is C30H32ClF3N4O3S. The van der Waals surface area contributed by atoms with Gasteiger partial charge in [0.15, 0.2) is 9.84 Å². The highest BCUT2D eigenvalue weighted by atomic mass is 35.5. The number of nitrogens with zero attached hydrogens (tertiary/aromatic N) is 4. The van der Waals surface area contributed by atoms with E-state index in [2.05, 4.69) is 20.9 Å². The van der Waals surface area contributed by atoms with E-state index in [4.69, 9.17) is 11.6 Å². The molecule has 0 unspecified atom stereocenters. The molecule has 0 saturated carbocycles. The maximum Gasteiger partial charge on any atom is 0.416 e. The second kappa shape index (κ2) is 12.3. The van der Waals surface area contributed by atoms with Crippen LogP contribution in [0.2, 0.25) is 5.02 Å². The SMILES string of the molecule is CS(=O)(=O)c1cc(C(=O)N2CCN(CCN3CCc4ncccc4C3)C[C@H]2Cc2ccc(Cl)cc2)cc(C(F)(F)F)c1. The summed E-state index contributed by atoms with van der Waals surface area (Å²) in [5.41, 5.74) is 1.84. The first-order valence-corrected chi connectivity index (χ1v) is 16.0. The van der Waals surface area contributed by atoms with Crippen molar-refractivity contribution in [1.82, 2.24) is 19.7 Å². The lowest BCUT2D eigenvalue weighted by Gasteiger charge is -2.42. The molecular weight excluding hydrogens is 589 g/mol. The first-order chi connectivity index (χ1) is 19.9. The van der Waals surface area contributed by atoms with E-state index in [-0.39, 0.29) is 11.6 Å². The Bertz CT molecular complexity index is 1550. The van der Waals surface area contributed by atoms with Crippen LogP contribution in [-0.4, -0.2) is 85.6 Å². The van der Waals surface area contributed by atoms with Crippen LogP contribution in [0.3, 0.4) is 0 Å².